The summed E-state index contributed by atoms with van der Waals surface area (Å²) in [6.07, 6.45) is 6.18. The third-order valence-electron chi connectivity index (χ3n) is 3.85. The predicted octanol–water partition coefficient (Wildman–Crippen LogP) is 2.01. The Morgan fingerprint density at radius 2 is 2.11 bits per heavy atom. The fourth-order valence-electron chi connectivity index (χ4n) is 2.84. The molecule has 0 aromatic carbocycles. The average Bonchev–Trinajstić information content (AvgIpc) is 2.94. The summed E-state index contributed by atoms with van der Waals surface area (Å²) in [6, 6.07) is 0. The summed E-state index contributed by atoms with van der Waals surface area (Å²) >= 11 is 0. The van der Waals surface area contributed by atoms with Crippen LogP contribution in [0.4, 0.5) is 0 Å². The average molecular weight is 264 g/mol. The van der Waals surface area contributed by atoms with Crippen LogP contribution < -0.4 is 5.73 Å². The third kappa shape index (κ3) is 3.55. The van der Waals surface area contributed by atoms with Gasteiger partial charge in [0, 0.05) is 12.5 Å². The van der Waals surface area contributed by atoms with Crippen molar-refractivity contribution in [1.82, 2.24) is 15.0 Å². The van der Waals surface area contributed by atoms with E-state index in [0.29, 0.717) is 11.8 Å². The zero-order chi connectivity index (χ0) is 13.8. The van der Waals surface area contributed by atoms with Gasteiger partial charge in [-0.2, -0.15) is 0 Å². The Balaban J connectivity index is 2.21. The van der Waals surface area contributed by atoms with E-state index in [-0.39, 0.29) is 12.3 Å². The molecule has 0 unspecified atom stereocenters. The topological polar surface area (TPSA) is 73.8 Å². The number of nitrogens with two attached hydrogens (primary N) is 1. The van der Waals surface area contributed by atoms with Crippen LogP contribution in [0.15, 0.2) is 0 Å². The molecule has 2 rings (SSSR count). The molecule has 0 saturated heterocycles. The first-order valence-corrected chi connectivity index (χ1v) is 7.28. The van der Waals surface area contributed by atoms with E-state index in [9.17, 15) is 4.79 Å². The highest BCUT2D eigenvalue weighted by molar-refractivity contribution is 5.76. The first-order valence-electron chi connectivity index (χ1n) is 7.28. The van der Waals surface area contributed by atoms with E-state index in [1.54, 1.807) is 0 Å². The van der Waals surface area contributed by atoms with Crippen molar-refractivity contribution in [3.05, 3.63) is 11.4 Å². The van der Waals surface area contributed by atoms with E-state index < -0.39 is 0 Å². The van der Waals surface area contributed by atoms with Crippen molar-refractivity contribution < 1.29 is 4.79 Å². The summed E-state index contributed by atoms with van der Waals surface area (Å²) in [5.41, 5.74) is 7.27. The third-order valence-corrected chi connectivity index (χ3v) is 3.85. The molecule has 5 nitrogen and oxygen atoms in total. The second-order valence-electron chi connectivity index (χ2n) is 5.95. The highest BCUT2D eigenvalue weighted by atomic mass is 16.1. The van der Waals surface area contributed by atoms with Crippen molar-refractivity contribution in [2.45, 2.75) is 64.8 Å². The molecule has 1 aliphatic carbocycles. The van der Waals surface area contributed by atoms with Crippen LogP contribution in [0.5, 0.6) is 0 Å². The van der Waals surface area contributed by atoms with Crippen molar-refractivity contribution in [3.8, 4) is 0 Å². The van der Waals surface area contributed by atoms with Gasteiger partial charge in [-0.3, -0.25) is 4.79 Å². The van der Waals surface area contributed by atoms with Gasteiger partial charge >= 0.3 is 0 Å². The lowest BCUT2D eigenvalue weighted by Gasteiger charge is -2.14. The number of hydrogen-bond acceptors (Lipinski definition) is 3. The lowest BCUT2D eigenvalue weighted by Crippen LogP contribution is -2.17. The Kier molecular flexibility index (Phi) is 4.56. The maximum Gasteiger partial charge on any atom is 0.223 e. The minimum Gasteiger partial charge on any atom is -0.369 e. The van der Waals surface area contributed by atoms with Crippen LogP contribution in [-0.2, 0) is 17.8 Å². The zero-order valence-corrected chi connectivity index (χ0v) is 11.9. The summed E-state index contributed by atoms with van der Waals surface area (Å²) in [5, 5.41) is 8.44. The van der Waals surface area contributed by atoms with E-state index in [4.69, 9.17) is 5.73 Å². The molecule has 0 bridgehead atoms. The fraction of sp³-hybridized carbons (Fsp3) is 0.786. The molecule has 19 heavy (non-hydrogen) atoms. The summed E-state index contributed by atoms with van der Waals surface area (Å²) < 4.78 is 2.01. The maximum atomic E-state index is 11.2. The van der Waals surface area contributed by atoms with E-state index >= 15 is 0 Å². The molecular formula is C14H24N4O. The summed E-state index contributed by atoms with van der Waals surface area (Å²) in [6.45, 7) is 5.29. The lowest BCUT2D eigenvalue weighted by molar-refractivity contribution is -0.117. The number of primary amides is 1. The molecule has 1 aromatic rings. The highest BCUT2D eigenvalue weighted by Gasteiger charge is 2.26. The van der Waals surface area contributed by atoms with Crippen molar-refractivity contribution in [2.24, 2.45) is 11.7 Å². The van der Waals surface area contributed by atoms with Gasteiger partial charge in [-0.25, -0.2) is 4.68 Å². The summed E-state index contributed by atoms with van der Waals surface area (Å²) in [4.78, 5) is 11.2. The van der Waals surface area contributed by atoms with Gasteiger partial charge in [0.2, 0.25) is 5.91 Å². The van der Waals surface area contributed by atoms with Crippen LogP contribution in [-0.4, -0.2) is 20.9 Å². The molecule has 0 spiro atoms. The molecule has 1 fully saturated rings. The SMILES string of the molecule is CC(C)CCn1nnc(CC(N)=O)c1C1CCCC1. The van der Waals surface area contributed by atoms with Gasteiger partial charge in [0.15, 0.2) is 0 Å². The molecule has 0 radical (unpaired) electrons. The number of hydrogen-bond donors (Lipinski definition) is 1. The van der Waals surface area contributed by atoms with E-state index in [2.05, 4.69) is 24.2 Å². The van der Waals surface area contributed by atoms with E-state index in [1.165, 1.54) is 25.7 Å². The van der Waals surface area contributed by atoms with Gasteiger partial charge in [0.1, 0.15) is 0 Å². The molecule has 2 N–H and O–H groups in total. The Bertz CT molecular complexity index is 433. The number of aryl methyl sites for hydroxylation is 1. The molecule has 1 saturated carbocycles. The molecule has 106 valence electrons. The largest absolute Gasteiger partial charge is 0.369 e. The monoisotopic (exact) mass is 264 g/mol. The number of nitrogens with zero attached hydrogens (tertiary/aromatic N) is 3. The number of aromatic nitrogens is 3. The highest BCUT2D eigenvalue weighted by Crippen LogP contribution is 2.35. The van der Waals surface area contributed by atoms with Crippen LogP contribution >= 0.6 is 0 Å². The lowest BCUT2D eigenvalue weighted by atomic mass is 10.00. The Morgan fingerprint density at radius 3 is 2.68 bits per heavy atom. The van der Waals surface area contributed by atoms with Gasteiger partial charge in [-0.15, -0.1) is 5.10 Å². The van der Waals surface area contributed by atoms with Gasteiger partial charge in [0.25, 0.3) is 0 Å². The van der Waals surface area contributed by atoms with Gasteiger partial charge in [-0.1, -0.05) is 31.9 Å². The zero-order valence-electron chi connectivity index (χ0n) is 11.9. The smallest absolute Gasteiger partial charge is 0.223 e. The van der Waals surface area contributed by atoms with Crippen LogP contribution in [0.25, 0.3) is 0 Å². The molecule has 5 heteroatoms. The Morgan fingerprint density at radius 1 is 1.42 bits per heavy atom. The maximum absolute atomic E-state index is 11.2. The van der Waals surface area contributed by atoms with Crippen molar-refractivity contribution in [2.75, 3.05) is 0 Å². The molecule has 0 aliphatic heterocycles. The second kappa shape index (κ2) is 6.17. The summed E-state index contributed by atoms with van der Waals surface area (Å²) in [7, 11) is 0. The first-order chi connectivity index (χ1) is 9.08. The second-order valence-corrected chi connectivity index (χ2v) is 5.95. The fourth-order valence-corrected chi connectivity index (χ4v) is 2.84. The molecule has 1 aromatic heterocycles. The van der Waals surface area contributed by atoms with Crippen molar-refractivity contribution >= 4 is 5.91 Å². The van der Waals surface area contributed by atoms with E-state index in [0.717, 1.165) is 24.4 Å². The first kappa shape index (κ1) is 14.0. The molecule has 0 atom stereocenters. The van der Waals surface area contributed by atoms with Crippen LogP contribution in [0.3, 0.4) is 0 Å². The van der Waals surface area contributed by atoms with Crippen LogP contribution in [0.1, 0.15) is 63.3 Å². The van der Waals surface area contributed by atoms with Crippen LogP contribution in [0, 0.1) is 5.92 Å². The Labute approximate surface area is 114 Å². The molecule has 1 heterocycles. The van der Waals surface area contributed by atoms with Gasteiger partial charge < -0.3 is 5.73 Å². The standard InChI is InChI=1S/C14H24N4O/c1-10(2)7-8-18-14(11-5-3-4-6-11)12(16-17-18)9-13(15)19/h10-11H,3-9H2,1-2H3,(H2,15,19). The number of carbonyl (C=O) groups excluding carboxylic acids is 1. The Hall–Kier alpha value is -1.39. The number of amides is 1. The van der Waals surface area contributed by atoms with Crippen molar-refractivity contribution in [3.63, 3.8) is 0 Å². The molecular weight excluding hydrogens is 240 g/mol. The van der Waals surface area contributed by atoms with Crippen molar-refractivity contribution in [1.29, 1.82) is 0 Å². The number of carbonyl (C=O) groups is 1. The minimum absolute atomic E-state index is 0.216. The van der Waals surface area contributed by atoms with Crippen LogP contribution in [0.2, 0.25) is 0 Å². The predicted molar refractivity (Wildman–Crippen MR) is 73.6 cm³/mol. The molecule has 1 amide bonds. The summed E-state index contributed by atoms with van der Waals surface area (Å²) in [5.74, 6) is 0.826. The molecule has 1 aliphatic rings. The normalized spacial score (nSPS) is 16.4. The number of rotatable bonds is 6. The van der Waals surface area contributed by atoms with Gasteiger partial charge in [0.05, 0.1) is 17.8 Å². The minimum atomic E-state index is -0.324. The quantitative estimate of drug-likeness (QED) is 0.854. The van der Waals surface area contributed by atoms with Gasteiger partial charge in [-0.05, 0) is 25.2 Å². The van der Waals surface area contributed by atoms with E-state index in [1.807, 2.05) is 4.68 Å².